The first-order chi connectivity index (χ1) is 19.1. The highest BCUT2D eigenvalue weighted by Gasteiger charge is 2.37. The molecule has 0 saturated heterocycles. The second kappa shape index (κ2) is 12.5. The molecule has 10 heteroatoms. The summed E-state index contributed by atoms with van der Waals surface area (Å²) in [5.74, 6) is 1.20. The number of amides is 2. The van der Waals surface area contributed by atoms with Gasteiger partial charge in [-0.15, -0.1) is 11.8 Å². The minimum Gasteiger partial charge on any atom is -0.497 e. The summed E-state index contributed by atoms with van der Waals surface area (Å²) >= 11 is 3.19. The zero-order valence-corrected chi connectivity index (χ0v) is 23.5. The lowest BCUT2D eigenvalue weighted by Crippen LogP contribution is -2.42. The van der Waals surface area contributed by atoms with Gasteiger partial charge in [-0.25, -0.2) is 4.68 Å². The highest BCUT2D eigenvalue weighted by atomic mass is 32.2. The highest BCUT2D eigenvalue weighted by molar-refractivity contribution is 8.00. The van der Waals surface area contributed by atoms with Crippen LogP contribution >= 0.6 is 23.1 Å². The Morgan fingerprint density at radius 3 is 2.59 bits per heavy atom. The minimum atomic E-state index is -0.229. The third kappa shape index (κ3) is 5.88. The average Bonchev–Trinajstić information content (AvgIpc) is 3.61. The fraction of sp³-hybridized carbons (Fsp3) is 0.276. The molecule has 1 atom stereocenters. The van der Waals surface area contributed by atoms with Crippen LogP contribution in [0.25, 0.3) is 16.9 Å². The zero-order valence-electron chi connectivity index (χ0n) is 21.8. The molecule has 4 aromatic rings. The molecule has 202 valence electrons. The van der Waals surface area contributed by atoms with Gasteiger partial charge in [0.15, 0.2) is 0 Å². The summed E-state index contributed by atoms with van der Waals surface area (Å²) in [4.78, 5) is 28.3. The largest absolute Gasteiger partial charge is 0.497 e. The number of nitrogens with zero attached hydrogens (tertiary/aromatic N) is 3. The molecule has 0 saturated carbocycles. The maximum absolute atomic E-state index is 13.7. The number of rotatable bonds is 10. The smallest absolute Gasteiger partial charge is 0.240 e. The predicted octanol–water partition coefficient (Wildman–Crippen LogP) is 4.93. The Balaban J connectivity index is 1.68. The first-order valence-corrected chi connectivity index (χ1v) is 14.6. The topological polar surface area (TPSA) is 85.7 Å². The van der Waals surface area contributed by atoms with Gasteiger partial charge in [-0.2, -0.15) is 16.4 Å². The molecule has 0 radical (unpaired) electrons. The van der Waals surface area contributed by atoms with Crippen LogP contribution in [-0.4, -0.2) is 61.3 Å². The fourth-order valence-electron chi connectivity index (χ4n) is 4.56. The number of thioether (sulfide) groups is 1. The Hall–Kier alpha value is -3.60. The monoisotopic (exact) mass is 562 g/mol. The van der Waals surface area contributed by atoms with E-state index in [1.54, 1.807) is 46.9 Å². The highest BCUT2D eigenvalue weighted by Crippen LogP contribution is 2.48. The molecule has 0 bridgehead atoms. The summed E-state index contributed by atoms with van der Waals surface area (Å²) in [7, 11) is 3.25. The third-order valence-electron chi connectivity index (χ3n) is 6.45. The molecular formula is C29H30N4O4S2. The summed E-state index contributed by atoms with van der Waals surface area (Å²) in [5.41, 5.74) is 4.52. The van der Waals surface area contributed by atoms with Crippen molar-refractivity contribution >= 4 is 40.7 Å². The van der Waals surface area contributed by atoms with E-state index in [0.717, 1.165) is 33.8 Å². The molecule has 0 aliphatic carbocycles. The standard InChI is InChI=1S/C29H30N4O4S2/c1-36-15-6-14-30-24(34)17-32-25(35)19-39-28(21-13-16-38-18-21)26-27(20-7-4-3-5-8-20)31-33(29(26)32)22-9-11-23(37-2)12-10-22/h3-5,7-13,16,18,28H,6,14-15,17,19H2,1-2H3,(H,30,34). The number of carbonyl (C=O) groups is 2. The molecule has 1 aliphatic heterocycles. The first kappa shape index (κ1) is 27.0. The van der Waals surface area contributed by atoms with Gasteiger partial charge in [0.05, 0.1) is 29.5 Å². The normalized spacial score (nSPS) is 15.1. The van der Waals surface area contributed by atoms with Crippen LogP contribution in [0.3, 0.4) is 0 Å². The van der Waals surface area contributed by atoms with E-state index >= 15 is 0 Å². The SMILES string of the molecule is COCCCNC(=O)CN1C(=O)CSC(c2ccsc2)c2c(-c3ccccc3)nn(-c3ccc(OC)cc3)c21. The molecule has 1 aliphatic rings. The van der Waals surface area contributed by atoms with E-state index < -0.39 is 0 Å². The maximum Gasteiger partial charge on any atom is 0.240 e. The van der Waals surface area contributed by atoms with Crippen molar-refractivity contribution in [1.29, 1.82) is 0 Å². The van der Waals surface area contributed by atoms with Gasteiger partial charge >= 0.3 is 0 Å². The Bertz CT molecular complexity index is 1410. The average molecular weight is 563 g/mol. The number of anilines is 1. The molecular weight excluding hydrogens is 532 g/mol. The summed E-state index contributed by atoms with van der Waals surface area (Å²) in [6, 6.07) is 19.6. The molecule has 0 fully saturated rings. The zero-order chi connectivity index (χ0) is 27.2. The summed E-state index contributed by atoms with van der Waals surface area (Å²) in [5, 5.41) is 12.0. The van der Waals surface area contributed by atoms with Gasteiger partial charge in [0, 0.05) is 31.4 Å². The number of fused-ring (bicyclic) bond motifs is 1. The first-order valence-electron chi connectivity index (χ1n) is 12.6. The number of methoxy groups -OCH3 is 2. The molecule has 5 rings (SSSR count). The molecule has 2 aromatic carbocycles. The molecule has 8 nitrogen and oxygen atoms in total. The van der Waals surface area contributed by atoms with Gasteiger partial charge in [0.1, 0.15) is 18.1 Å². The lowest BCUT2D eigenvalue weighted by molar-refractivity contribution is -0.122. The Kier molecular flexibility index (Phi) is 8.65. The van der Waals surface area contributed by atoms with Crippen LogP contribution in [0.15, 0.2) is 71.4 Å². The van der Waals surface area contributed by atoms with Crippen LogP contribution in [0, 0.1) is 0 Å². The molecule has 3 heterocycles. The summed E-state index contributed by atoms with van der Waals surface area (Å²) < 4.78 is 12.2. The lowest BCUT2D eigenvalue weighted by Gasteiger charge is -2.23. The summed E-state index contributed by atoms with van der Waals surface area (Å²) in [6.45, 7) is 0.920. The number of benzene rings is 2. The number of ether oxygens (including phenoxy) is 2. The van der Waals surface area contributed by atoms with Crippen molar-refractivity contribution in [3.05, 3.63) is 82.6 Å². The van der Waals surface area contributed by atoms with Crippen molar-refractivity contribution in [3.8, 4) is 22.7 Å². The van der Waals surface area contributed by atoms with E-state index in [1.165, 1.54) is 0 Å². The number of thiophene rings is 1. The van der Waals surface area contributed by atoms with Crippen molar-refractivity contribution in [3.63, 3.8) is 0 Å². The van der Waals surface area contributed by atoms with Crippen molar-refractivity contribution in [2.45, 2.75) is 11.7 Å². The minimum absolute atomic E-state index is 0.105. The number of nitrogens with one attached hydrogen (secondary N) is 1. The third-order valence-corrected chi connectivity index (χ3v) is 8.40. The van der Waals surface area contributed by atoms with Crippen LogP contribution in [0.2, 0.25) is 0 Å². The Morgan fingerprint density at radius 2 is 1.90 bits per heavy atom. The van der Waals surface area contributed by atoms with Gasteiger partial charge in [-0.05, 0) is 53.1 Å². The van der Waals surface area contributed by atoms with Crippen LogP contribution in [0.1, 0.15) is 22.8 Å². The van der Waals surface area contributed by atoms with Crippen molar-refractivity contribution < 1.29 is 19.1 Å². The van der Waals surface area contributed by atoms with Crippen molar-refractivity contribution in [2.75, 3.05) is 44.6 Å². The van der Waals surface area contributed by atoms with E-state index in [4.69, 9.17) is 14.6 Å². The van der Waals surface area contributed by atoms with E-state index in [0.29, 0.717) is 25.4 Å². The van der Waals surface area contributed by atoms with Gasteiger partial charge in [0.25, 0.3) is 0 Å². The lowest BCUT2D eigenvalue weighted by atomic mass is 10.0. The van der Waals surface area contributed by atoms with E-state index in [9.17, 15) is 9.59 Å². The second-order valence-electron chi connectivity index (χ2n) is 8.99. The quantitative estimate of drug-likeness (QED) is 0.276. The second-order valence-corrected chi connectivity index (χ2v) is 10.9. The van der Waals surface area contributed by atoms with Crippen molar-refractivity contribution in [1.82, 2.24) is 15.1 Å². The number of hydrogen-bond donors (Lipinski definition) is 1. The molecule has 2 aromatic heterocycles. The fourth-order valence-corrected chi connectivity index (χ4v) is 6.52. The summed E-state index contributed by atoms with van der Waals surface area (Å²) in [6.07, 6.45) is 0.694. The Morgan fingerprint density at radius 1 is 1.10 bits per heavy atom. The maximum atomic E-state index is 13.7. The van der Waals surface area contributed by atoms with Crippen molar-refractivity contribution in [2.24, 2.45) is 0 Å². The molecule has 1 N–H and O–H groups in total. The number of hydrogen-bond acceptors (Lipinski definition) is 7. The van der Waals surface area contributed by atoms with Gasteiger partial charge in [-0.3, -0.25) is 14.5 Å². The van der Waals surface area contributed by atoms with Crippen LogP contribution < -0.4 is 15.0 Å². The molecule has 2 amide bonds. The molecule has 39 heavy (non-hydrogen) atoms. The van der Waals surface area contributed by atoms with Crippen LogP contribution in [-0.2, 0) is 14.3 Å². The predicted molar refractivity (Wildman–Crippen MR) is 156 cm³/mol. The van der Waals surface area contributed by atoms with E-state index in [-0.39, 0.29) is 29.4 Å². The van der Waals surface area contributed by atoms with E-state index in [2.05, 4.69) is 16.8 Å². The van der Waals surface area contributed by atoms with Gasteiger partial charge in [-0.1, -0.05) is 30.3 Å². The molecule has 1 unspecified atom stereocenters. The number of aromatic nitrogens is 2. The van der Waals surface area contributed by atoms with Crippen LogP contribution in [0.5, 0.6) is 5.75 Å². The number of carbonyl (C=O) groups excluding carboxylic acids is 2. The van der Waals surface area contributed by atoms with Gasteiger partial charge < -0.3 is 14.8 Å². The molecule has 0 spiro atoms. The Labute approximate surface area is 235 Å². The van der Waals surface area contributed by atoms with E-state index in [1.807, 2.05) is 60.0 Å². The van der Waals surface area contributed by atoms with Gasteiger partial charge in [0.2, 0.25) is 11.8 Å². The van der Waals surface area contributed by atoms with Crippen LogP contribution in [0.4, 0.5) is 5.82 Å².